The summed E-state index contributed by atoms with van der Waals surface area (Å²) >= 11 is 6.28. The van der Waals surface area contributed by atoms with E-state index in [0.29, 0.717) is 47.1 Å². The number of nitriles is 1. The molecule has 2 aromatic heterocycles. The molecule has 0 N–H and O–H groups in total. The first-order chi connectivity index (χ1) is 14.1. The molecule has 3 aromatic rings. The molecular weight excluding hydrogens is 394 g/mol. The first-order valence-electron chi connectivity index (χ1n) is 8.96. The van der Waals surface area contributed by atoms with Crippen molar-refractivity contribution in [2.45, 2.75) is 19.4 Å². The van der Waals surface area contributed by atoms with Crippen molar-refractivity contribution >= 4 is 17.5 Å². The van der Waals surface area contributed by atoms with E-state index in [-0.39, 0.29) is 23.6 Å². The molecule has 0 bridgehead atoms. The van der Waals surface area contributed by atoms with Crippen LogP contribution in [0.4, 0.5) is 0 Å². The second-order valence-electron chi connectivity index (χ2n) is 6.54. The van der Waals surface area contributed by atoms with Crippen LogP contribution in [0.15, 0.2) is 41.2 Å². The second kappa shape index (κ2) is 7.89. The molecule has 1 aliphatic rings. The number of carbonyl (C=O) groups is 1. The van der Waals surface area contributed by atoms with E-state index < -0.39 is 0 Å². The summed E-state index contributed by atoms with van der Waals surface area (Å²) in [7, 11) is 0. The molecule has 1 fully saturated rings. The number of halogens is 1. The second-order valence-corrected chi connectivity index (χ2v) is 6.95. The molecule has 1 amide bonds. The Hall–Kier alpha value is -3.44. The van der Waals surface area contributed by atoms with Gasteiger partial charge in [-0.3, -0.25) is 4.79 Å². The quantitative estimate of drug-likeness (QED) is 0.651. The molecule has 146 valence electrons. The number of hydrogen-bond donors (Lipinski definition) is 0. The van der Waals surface area contributed by atoms with E-state index in [9.17, 15) is 4.79 Å². The fraction of sp³-hybridized carbons (Fsp3) is 0.250. The summed E-state index contributed by atoms with van der Waals surface area (Å²) in [6, 6.07) is 9.12. The van der Waals surface area contributed by atoms with Gasteiger partial charge in [-0.05, 0) is 13.0 Å². The van der Waals surface area contributed by atoms with E-state index in [2.05, 4.69) is 15.1 Å². The van der Waals surface area contributed by atoms with Gasteiger partial charge in [0.25, 0.3) is 11.8 Å². The summed E-state index contributed by atoms with van der Waals surface area (Å²) in [5.74, 6) is 0.395. The third-order valence-electron chi connectivity index (χ3n) is 4.69. The van der Waals surface area contributed by atoms with Crippen molar-refractivity contribution in [3.8, 4) is 23.2 Å². The summed E-state index contributed by atoms with van der Waals surface area (Å²) in [5, 5.41) is 13.7. The molecule has 3 heterocycles. The van der Waals surface area contributed by atoms with Crippen LogP contribution in [0, 0.1) is 18.3 Å². The van der Waals surface area contributed by atoms with Crippen LogP contribution in [-0.2, 0) is 0 Å². The minimum absolute atomic E-state index is 0.119. The lowest BCUT2D eigenvalue weighted by molar-refractivity contribution is 0.0770. The van der Waals surface area contributed by atoms with Gasteiger partial charge in [0.2, 0.25) is 5.69 Å². The van der Waals surface area contributed by atoms with Crippen LogP contribution >= 0.6 is 11.6 Å². The average Bonchev–Trinajstić information content (AvgIpc) is 3.35. The summed E-state index contributed by atoms with van der Waals surface area (Å²) in [6.45, 7) is 2.55. The van der Waals surface area contributed by atoms with Gasteiger partial charge in [-0.1, -0.05) is 35.0 Å². The lowest BCUT2D eigenvalue weighted by Crippen LogP contribution is -2.31. The maximum absolute atomic E-state index is 13.2. The molecule has 29 heavy (non-hydrogen) atoms. The SMILES string of the molecule is Cc1onc(-c2ccccc2Cl)c1C(=O)N1CCC(Oc2nccnc2C#N)C1. The van der Waals surface area contributed by atoms with Gasteiger partial charge in [0.05, 0.1) is 11.6 Å². The van der Waals surface area contributed by atoms with Gasteiger partial charge in [0.15, 0.2) is 0 Å². The Morgan fingerprint density at radius 1 is 1.34 bits per heavy atom. The fourth-order valence-corrected chi connectivity index (χ4v) is 3.50. The molecule has 9 heteroatoms. The van der Waals surface area contributed by atoms with Gasteiger partial charge in [0, 0.05) is 30.9 Å². The Morgan fingerprint density at radius 3 is 2.93 bits per heavy atom. The molecule has 0 radical (unpaired) electrons. The van der Waals surface area contributed by atoms with Crippen LogP contribution < -0.4 is 4.74 Å². The van der Waals surface area contributed by atoms with E-state index in [1.54, 1.807) is 24.0 Å². The Bertz CT molecular complexity index is 1110. The highest BCUT2D eigenvalue weighted by Crippen LogP contribution is 2.32. The molecule has 0 aliphatic carbocycles. The number of amides is 1. The first-order valence-corrected chi connectivity index (χ1v) is 9.34. The van der Waals surface area contributed by atoms with E-state index in [1.165, 1.54) is 12.4 Å². The van der Waals surface area contributed by atoms with Crippen molar-refractivity contribution in [2.75, 3.05) is 13.1 Å². The zero-order valence-electron chi connectivity index (χ0n) is 15.5. The van der Waals surface area contributed by atoms with Gasteiger partial charge in [0.1, 0.15) is 29.2 Å². The summed E-state index contributed by atoms with van der Waals surface area (Å²) in [4.78, 5) is 22.9. The van der Waals surface area contributed by atoms with Gasteiger partial charge >= 0.3 is 0 Å². The first kappa shape index (κ1) is 18.9. The number of ether oxygens (including phenoxy) is 1. The molecule has 0 saturated carbocycles. The number of likely N-dealkylation sites (tertiary alicyclic amines) is 1. The van der Waals surface area contributed by atoms with E-state index in [0.717, 1.165) is 0 Å². The van der Waals surface area contributed by atoms with Crippen molar-refractivity contribution in [2.24, 2.45) is 0 Å². The molecule has 1 aromatic carbocycles. The number of hydrogen-bond acceptors (Lipinski definition) is 7. The van der Waals surface area contributed by atoms with Crippen LogP contribution in [0.3, 0.4) is 0 Å². The highest BCUT2D eigenvalue weighted by molar-refractivity contribution is 6.33. The number of carbonyl (C=O) groups excluding carboxylic acids is 1. The van der Waals surface area contributed by atoms with Gasteiger partial charge in [-0.15, -0.1) is 0 Å². The largest absolute Gasteiger partial charge is 0.470 e. The zero-order valence-corrected chi connectivity index (χ0v) is 16.3. The monoisotopic (exact) mass is 409 g/mol. The fourth-order valence-electron chi connectivity index (χ4n) is 3.27. The number of rotatable bonds is 4. The molecule has 1 saturated heterocycles. The van der Waals surface area contributed by atoms with E-state index >= 15 is 0 Å². The Balaban J connectivity index is 1.54. The molecular formula is C20H16ClN5O3. The third-order valence-corrected chi connectivity index (χ3v) is 5.02. The maximum atomic E-state index is 13.2. The molecule has 0 spiro atoms. The Morgan fingerprint density at radius 2 is 2.14 bits per heavy atom. The summed E-state index contributed by atoms with van der Waals surface area (Å²) in [6.07, 6.45) is 3.22. The predicted octanol–water partition coefficient (Wildman–Crippen LogP) is 3.26. The van der Waals surface area contributed by atoms with Gasteiger partial charge < -0.3 is 14.2 Å². The van der Waals surface area contributed by atoms with E-state index in [4.69, 9.17) is 26.1 Å². The smallest absolute Gasteiger partial charge is 0.259 e. The van der Waals surface area contributed by atoms with Crippen molar-refractivity contribution in [3.63, 3.8) is 0 Å². The van der Waals surface area contributed by atoms with Crippen molar-refractivity contribution in [1.29, 1.82) is 5.26 Å². The summed E-state index contributed by atoms with van der Waals surface area (Å²) < 4.78 is 11.1. The van der Waals surface area contributed by atoms with Crippen LogP contribution in [0.25, 0.3) is 11.3 Å². The number of nitrogens with zero attached hydrogens (tertiary/aromatic N) is 5. The molecule has 8 nitrogen and oxygen atoms in total. The van der Waals surface area contributed by atoms with E-state index in [1.807, 2.05) is 18.2 Å². The minimum atomic E-state index is -0.285. The third kappa shape index (κ3) is 3.65. The van der Waals surface area contributed by atoms with Crippen molar-refractivity contribution in [1.82, 2.24) is 20.0 Å². The molecule has 1 unspecified atom stereocenters. The number of aryl methyl sites for hydroxylation is 1. The maximum Gasteiger partial charge on any atom is 0.259 e. The van der Waals surface area contributed by atoms with Gasteiger partial charge in [-0.2, -0.15) is 5.26 Å². The predicted molar refractivity (Wildman–Crippen MR) is 103 cm³/mol. The molecule has 1 aliphatic heterocycles. The Labute approximate surface area is 171 Å². The van der Waals surface area contributed by atoms with Crippen molar-refractivity contribution in [3.05, 3.63) is 58.7 Å². The normalized spacial score (nSPS) is 15.9. The number of benzene rings is 1. The van der Waals surface area contributed by atoms with Crippen LogP contribution in [0.1, 0.15) is 28.2 Å². The summed E-state index contributed by atoms with van der Waals surface area (Å²) in [5.41, 5.74) is 1.56. The van der Waals surface area contributed by atoms with Gasteiger partial charge in [-0.25, -0.2) is 9.97 Å². The molecule has 1 atom stereocenters. The minimum Gasteiger partial charge on any atom is -0.470 e. The highest BCUT2D eigenvalue weighted by atomic mass is 35.5. The molecule has 4 rings (SSSR count). The topological polar surface area (TPSA) is 105 Å². The zero-order chi connectivity index (χ0) is 20.4. The lowest BCUT2D eigenvalue weighted by Gasteiger charge is -2.17. The van der Waals surface area contributed by atoms with Crippen LogP contribution in [0.5, 0.6) is 5.88 Å². The lowest BCUT2D eigenvalue weighted by atomic mass is 10.1. The van der Waals surface area contributed by atoms with Crippen LogP contribution in [0.2, 0.25) is 5.02 Å². The standard InChI is InChI=1S/C20H16ClN5O3/c1-12-17(18(25-29-12)14-4-2-3-5-15(14)21)20(27)26-9-6-13(11-26)28-19-16(10-22)23-7-8-24-19/h2-5,7-8,13H,6,9,11H2,1H3. The Kier molecular flexibility index (Phi) is 5.14. The van der Waals surface area contributed by atoms with Crippen molar-refractivity contribution < 1.29 is 14.1 Å². The van der Waals surface area contributed by atoms with Crippen LogP contribution in [-0.4, -0.2) is 45.1 Å². The number of aromatic nitrogens is 3. The highest BCUT2D eigenvalue weighted by Gasteiger charge is 2.33. The average molecular weight is 410 g/mol.